The summed E-state index contributed by atoms with van der Waals surface area (Å²) in [5.41, 5.74) is 5.54. The van der Waals surface area contributed by atoms with Crippen LogP contribution < -0.4 is 10.6 Å². The molecular formula is C14H13F3N4O. The van der Waals surface area contributed by atoms with Crippen LogP contribution in [0.4, 0.5) is 19.0 Å². The normalized spacial score (nSPS) is 18.9. The third-order valence-corrected chi connectivity index (χ3v) is 3.69. The van der Waals surface area contributed by atoms with Crippen molar-refractivity contribution in [3.63, 3.8) is 0 Å². The van der Waals surface area contributed by atoms with Crippen molar-refractivity contribution in [1.29, 1.82) is 0 Å². The molecule has 2 aromatic rings. The highest BCUT2D eigenvalue weighted by Crippen LogP contribution is 2.34. The van der Waals surface area contributed by atoms with Gasteiger partial charge in [0.15, 0.2) is 0 Å². The van der Waals surface area contributed by atoms with Gasteiger partial charge in [-0.25, -0.2) is 9.97 Å². The fourth-order valence-corrected chi connectivity index (χ4v) is 2.72. The monoisotopic (exact) mass is 310 g/mol. The molecule has 0 unspecified atom stereocenters. The number of fused-ring (bicyclic) bond motifs is 1. The number of primary amides is 1. The average Bonchev–Trinajstić information content (AvgIpc) is 2.94. The molecule has 2 N–H and O–H groups in total. The predicted molar refractivity (Wildman–Crippen MR) is 74.1 cm³/mol. The SMILES string of the molecule is NC(=O)[C@H]1CCCN1c1nc(C(F)(F)F)nc2ccccc12. The molecule has 1 saturated heterocycles. The predicted octanol–water partition coefficient (Wildman–Crippen LogP) is 2.10. The van der Waals surface area contributed by atoms with Gasteiger partial charge < -0.3 is 10.6 Å². The van der Waals surface area contributed by atoms with Crippen LogP contribution in [0.2, 0.25) is 0 Å². The minimum atomic E-state index is -4.65. The molecule has 116 valence electrons. The lowest BCUT2D eigenvalue weighted by atomic mass is 10.2. The van der Waals surface area contributed by atoms with Crippen LogP contribution in [-0.4, -0.2) is 28.5 Å². The number of alkyl halides is 3. The van der Waals surface area contributed by atoms with Crippen molar-refractivity contribution in [3.05, 3.63) is 30.1 Å². The van der Waals surface area contributed by atoms with E-state index in [9.17, 15) is 18.0 Å². The Morgan fingerprint density at radius 2 is 2.00 bits per heavy atom. The fourth-order valence-electron chi connectivity index (χ4n) is 2.72. The second-order valence-corrected chi connectivity index (χ2v) is 5.14. The molecular weight excluding hydrogens is 297 g/mol. The van der Waals surface area contributed by atoms with Crippen LogP contribution in [0.15, 0.2) is 24.3 Å². The van der Waals surface area contributed by atoms with Gasteiger partial charge in [-0.1, -0.05) is 12.1 Å². The summed E-state index contributed by atoms with van der Waals surface area (Å²) in [5, 5.41) is 0.476. The molecule has 1 aromatic carbocycles. The number of hydrogen-bond acceptors (Lipinski definition) is 4. The number of carbonyl (C=O) groups is 1. The first kappa shape index (κ1) is 14.6. The van der Waals surface area contributed by atoms with E-state index in [0.29, 0.717) is 24.8 Å². The smallest absolute Gasteiger partial charge is 0.368 e. The number of halogens is 3. The summed E-state index contributed by atoms with van der Waals surface area (Å²) >= 11 is 0. The molecule has 0 spiro atoms. The highest BCUT2D eigenvalue weighted by atomic mass is 19.4. The van der Waals surface area contributed by atoms with Gasteiger partial charge in [0.05, 0.1) is 5.52 Å². The molecule has 0 aliphatic carbocycles. The van der Waals surface area contributed by atoms with Crippen molar-refractivity contribution in [2.75, 3.05) is 11.4 Å². The number of benzene rings is 1. The molecule has 0 bridgehead atoms. The third-order valence-electron chi connectivity index (χ3n) is 3.69. The Bertz CT molecular complexity index is 732. The van der Waals surface area contributed by atoms with Crippen LogP contribution in [0, 0.1) is 0 Å². The van der Waals surface area contributed by atoms with Crippen LogP contribution in [0.5, 0.6) is 0 Å². The summed E-state index contributed by atoms with van der Waals surface area (Å²) < 4.78 is 39.0. The summed E-state index contributed by atoms with van der Waals surface area (Å²) in [4.78, 5) is 20.3. The van der Waals surface area contributed by atoms with Gasteiger partial charge in [-0.05, 0) is 25.0 Å². The van der Waals surface area contributed by atoms with Gasteiger partial charge in [0.2, 0.25) is 11.7 Å². The lowest BCUT2D eigenvalue weighted by Gasteiger charge is -2.25. The molecule has 0 radical (unpaired) electrons. The molecule has 5 nitrogen and oxygen atoms in total. The standard InChI is InChI=1S/C14H13F3N4O/c15-14(16,17)13-19-9-5-2-1-4-8(9)12(20-13)21-7-3-6-10(21)11(18)22/h1-2,4-5,10H,3,6-7H2,(H2,18,22)/t10-/m1/s1. The largest absolute Gasteiger partial charge is 0.451 e. The number of rotatable bonds is 2. The lowest BCUT2D eigenvalue weighted by Crippen LogP contribution is -2.41. The van der Waals surface area contributed by atoms with Crippen molar-refractivity contribution in [2.45, 2.75) is 25.1 Å². The second kappa shape index (κ2) is 5.11. The number of anilines is 1. The molecule has 1 atom stereocenters. The van der Waals surface area contributed by atoms with Gasteiger partial charge in [-0.15, -0.1) is 0 Å². The molecule has 0 saturated carbocycles. The van der Waals surface area contributed by atoms with Gasteiger partial charge >= 0.3 is 6.18 Å². The van der Waals surface area contributed by atoms with Crippen LogP contribution in [-0.2, 0) is 11.0 Å². The number of carbonyl (C=O) groups excluding carboxylic acids is 1. The van der Waals surface area contributed by atoms with E-state index >= 15 is 0 Å². The van der Waals surface area contributed by atoms with E-state index in [4.69, 9.17) is 5.73 Å². The molecule has 1 fully saturated rings. The number of nitrogens with two attached hydrogens (primary N) is 1. The summed E-state index contributed by atoms with van der Waals surface area (Å²) in [7, 11) is 0. The van der Waals surface area contributed by atoms with Crippen molar-refractivity contribution in [1.82, 2.24) is 9.97 Å². The van der Waals surface area contributed by atoms with Crippen molar-refractivity contribution in [3.8, 4) is 0 Å². The number of hydrogen-bond donors (Lipinski definition) is 1. The maximum absolute atomic E-state index is 13.0. The Morgan fingerprint density at radius 3 is 2.68 bits per heavy atom. The molecule has 8 heteroatoms. The highest BCUT2D eigenvalue weighted by molar-refractivity contribution is 5.93. The van der Waals surface area contributed by atoms with E-state index < -0.39 is 23.9 Å². The van der Waals surface area contributed by atoms with Crippen LogP contribution in [0.3, 0.4) is 0 Å². The van der Waals surface area contributed by atoms with E-state index in [0.717, 1.165) is 0 Å². The summed E-state index contributed by atoms with van der Waals surface area (Å²) in [6, 6.07) is 5.79. The maximum atomic E-state index is 13.0. The Balaban J connectivity index is 2.21. The molecule has 3 rings (SSSR count). The van der Waals surface area contributed by atoms with E-state index in [1.54, 1.807) is 23.1 Å². The molecule has 1 amide bonds. The molecule has 1 aliphatic rings. The first-order valence-electron chi connectivity index (χ1n) is 6.78. The zero-order chi connectivity index (χ0) is 15.9. The number of nitrogens with zero attached hydrogens (tertiary/aromatic N) is 3. The van der Waals surface area contributed by atoms with Crippen molar-refractivity contribution >= 4 is 22.6 Å². The molecule has 1 aliphatic heterocycles. The Morgan fingerprint density at radius 1 is 1.27 bits per heavy atom. The maximum Gasteiger partial charge on any atom is 0.451 e. The highest BCUT2D eigenvalue weighted by Gasteiger charge is 2.38. The Labute approximate surface area is 123 Å². The summed E-state index contributed by atoms with van der Waals surface area (Å²) in [5.74, 6) is -1.66. The van der Waals surface area contributed by atoms with Crippen LogP contribution in [0.1, 0.15) is 18.7 Å². The van der Waals surface area contributed by atoms with Gasteiger partial charge in [-0.2, -0.15) is 13.2 Å². The first-order chi connectivity index (χ1) is 10.4. The zero-order valence-corrected chi connectivity index (χ0v) is 11.5. The van der Waals surface area contributed by atoms with Gasteiger partial charge in [-0.3, -0.25) is 4.79 Å². The van der Waals surface area contributed by atoms with E-state index in [1.807, 2.05) is 0 Å². The van der Waals surface area contributed by atoms with E-state index in [-0.39, 0.29) is 11.3 Å². The lowest BCUT2D eigenvalue weighted by molar-refractivity contribution is -0.144. The minimum Gasteiger partial charge on any atom is -0.368 e. The fraction of sp³-hybridized carbons (Fsp3) is 0.357. The Hall–Kier alpha value is -2.38. The topological polar surface area (TPSA) is 72.1 Å². The van der Waals surface area contributed by atoms with Gasteiger partial charge in [0, 0.05) is 11.9 Å². The summed E-state index contributed by atoms with van der Waals surface area (Å²) in [6.45, 7) is 0.436. The third kappa shape index (κ3) is 2.44. The molecule has 2 heterocycles. The summed E-state index contributed by atoms with van der Waals surface area (Å²) in [6.07, 6.45) is -3.47. The zero-order valence-electron chi connectivity index (χ0n) is 11.5. The van der Waals surface area contributed by atoms with Crippen LogP contribution in [0.25, 0.3) is 10.9 Å². The Kier molecular flexibility index (Phi) is 3.38. The van der Waals surface area contributed by atoms with E-state index in [1.165, 1.54) is 6.07 Å². The molecule has 22 heavy (non-hydrogen) atoms. The average molecular weight is 310 g/mol. The number of aromatic nitrogens is 2. The van der Waals surface area contributed by atoms with Crippen LogP contribution >= 0.6 is 0 Å². The van der Waals surface area contributed by atoms with Crippen molar-refractivity contribution < 1.29 is 18.0 Å². The first-order valence-corrected chi connectivity index (χ1v) is 6.78. The number of para-hydroxylation sites is 1. The molecule has 1 aromatic heterocycles. The van der Waals surface area contributed by atoms with Crippen molar-refractivity contribution in [2.24, 2.45) is 5.73 Å². The quantitative estimate of drug-likeness (QED) is 0.922. The van der Waals surface area contributed by atoms with Gasteiger partial charge in [0.1, 0.15) is 11.9 Å². The second-order valence-electron chi connectivity index (χ2n) is 5.14. The van der Waals surface area contributed by atoms with E-state index in [2.05, 4.69) is 9.97 Å². The van der Waals surface area contributed by atoms with Gasteiger partial charge in [0.25, 0.3) is 0 Å². The number of amides is 1. The minimum absolute atomic E-state index is 0.110.